The quantitative estimate of drug-likeness (QED) is 0.471. The minimum absolute atomic E-state index is 0.0486. The van der Waals surface area contributed by atoms with E-state index in [4.69, 9.17) is 5.11 Å². The maximum Gasteiger partial charge on any atom is 0.308 e. The number of aliphatic carboxylic acids is 1. The standard InChI is InChI=1S/C12H17N3O4S2/c1-7-9(5-11(18)19)21-12(15-7)20-6-10(17)14-4-3-13-8(2)16/h3-6H2,1-2H3,(H,13,16)(H,14,17)(H,18,19). The van der Waals surface area contributed by atoms with Crippen LogP contribution in [0.4, 0.5) is 0 Å². The lowest BCUT2D eigenvalue weighted by atomic mass is 10.3. The molecule has 0 radical (unpaired) electrons. The molecule has 0 saturated carbocycles. The Balaban J connectivity index is 2.32. The Morgan fingerprint density at radius 2 is 1.95 bits per heavy atom. The van der Waals surface area contributed by atoms with Crippen LogP contribution in [0.1, 0.15) is 17.5 Å². The fraction of sp³-hybridized carbons (Fsp3) is 0.500. The SMILES string of the molecule is CC(=O)NCCNC(=O)CSc1nc(C)c(CC(=O)O)s1. The zero-order valence-corrected chi connectivity index (χ0v) is 13.4. The number of hydrogen-bond donors (Lipinski definition) is 3. The summed E-state index contributed by atoms with van der Waals surface area (Å²) in [6, 6.07) is 0. The Bertz CT molecular complexity index is 531. The lowest BCUT2D eigenvalue weighted by Crippen LogP contribution is -2.34. The second-order valence-electron chi connectivity index (χ2n) is 4.18. The molecule has 7 nitrogen and oxygen atoms in total. The third-order valence-corrected chi connectivity index (χ3v) is 4.63. The van der Waals surface area contributed by atoms with Crippen LogP contribution in [0.3, 0.4) is 0 Å². The van der Waals surface area contributed by atoms with Crippen molar-refractivity contribution in [2.45, 2.75) is 24.6 Å². The van der Waals surface area contributed by atoms with Gasteiger partial charge in [-0.05, 0) is 6.92 Å². The van der Waals surface area contributed by atoms with Crippen molar-refractivity contribution >= 4 is 40.9 Å². The largest absolute Gasteiger partial charge is 0.481 e. The van der Waals surface area contributed by atoms with Gasteiger partial charge in [-0.3, -0.25) is 14.4 Å². The molecule has 0 spiro atoms. The average molecular weight is 331 g/mol. The molecule has 0 unspecified atom stereocenters. The minimum Gasteiger partial charge on any atom is -0.481 e. The zero-order valence-electron chi connectivity index (χ0n) is 11.8. The molecule has 1 heterocycles. The van der Waals surface area contributed by atoms with E-state index >= 15 is 0 Å². The van der Waals surface area contributed by atoms with Crippen LogP contribution >= 0.6 is 23.1 Å². The summed E-state index contributed by atoms with van der Waals surface area (Å²) in [6.07, 6.45) is -0.0486. The molecule has 1 rings (SSSR count). The fourth-order valence-electron chi connectivity index (χ4n) is 1.38. The smallest absolute Gasteiger partial charge is 0.308 e. The van der Waals surface area contributed by atoms with E-state index in [0.29, 0.717) is 28.0 Å². The lowest BCUT2D eigenvalue weighted by molar-refractivity contribution is -0.136. The van der Waals surface area contributed by atoms with Gasteiger partial charge in [-0.2, -0.15) is 0 Å². The molecule has 1 aromatic rings. The second kappa shape index (κ2) is 8.63. The topological polar surface area (TPSA) is 108 Å². The van der Waals surface area contributed by atoms with Crippen molar-refractivity contribution in [3.8, 4) is 0 Å². The van der Waals surface area contributed by atoms with Gasteiger partial charge in [0.25, 0.3) is 0 Å². The third-order valence-electron chi connectivity index (χ3n) is 2.33. The zero-order chi connectivity index (χ0) is 15.8. The van der Waals surface area contributed by atoms with E-state index in [9.17, 15) is 14.4 Å². The van der Waals surface area contributed by atoms with E-state index in [-0.39, 0.29) is 24.0 Å². The van der Waals surface area contributed by atoms with Gasteiger partial charge < -0.3 is 15.7 Å². The van der Waals surface area contributed by atoms with E-state index in [2.05, 4.69) is 15.6 Å². The molecule has 3 N–H and O–H groups in total. The van der Waals surface area contributed by atoms with Gasteiger partial charge in [0.2, 0.25) is 11.8 Å². The van der Waals surface area contributed by atoms with Gasteiger partial charge in [0.15, 0.2) is 4.34 Å². The number of carboxylic acids is 1. The van der Waals surface area contributed by atoms with Crippen molar-refractivity contribution < 1.29 is 19.5 Å². The molecule has 0 aliphatic carbocycles. The van der Waals surface area contributed by atoms with Crippen molar-refractivity contribution in [1.29, 1.82) is 0 Å². The molecule has 0 fully saturated rings. The highest BCUT2D eigenvalue weighted by molar-refractivity contribution is 8.01. The molecule has 0 aromatic carbocycles. The van der Waals surface area contributed by atoms with Gasteiger partial charge in [-0.1, -0.05) is 11.8 Å². The van der Waals surface area contributed by atoms with Crippen molar-refractivity contribution in [2.75, 3.05) is 18.8 Å². The summed E-state index contributed by atoms with van der Waals surface area (Å²) in [5.74, 6) is -0.977. The van der Waals surface area contributed by atoms with Gasteiger partial charge in [0, 0.05) is 24.9 Å². The van der Waals surface area contributed by atoms with Crippen LogP contribution in [0.2, 0.25) is 0 Å². The number of nitrogens with one attached hydrogen (secondary N) is 2. The Morgan fingerprint density at radius 3 is 2.57 bits per heavy atom. The highest BCUT2D eigenvalue weighted by Gasteiger charge is 2.12. The second-order valence-corrected chi connectivity index (χ2v) is 6.49. The number of aryl methyl sites for hydroxylation is 1. The summed E-state index contributed by atoms with van der Waals surface area (Å²) < 4.78 is 0.681. The van der Waals surface area contributed by atoms with Crippen LogP contribution in [0.15, 0.2) is 4.34 Å². The average Bonchev–Trinajstić information content (AvgIpc) is 2.72. The third kappa shape index (κ3) is 7.09. The number of rotatable bonds is 8. The number of aromatic nitrogens is 1. The molecule has 0 aliphatic rings. The normalized spacial score (nSPS) is 10.2. The first-order valence-electron chi connectivity index (χ1n) is 6.20. The van der Waals surface area contributed by atoms with Crippen molar-refractivity contribution in [3.05, 3.63) is 10.6 Å². The van der Waals surface area contributed by atoms with Gasteiger partial charge in [0.05, 0.1) is 17.9 Å². The molecule has 1 aromatic heterocycles. The van der Waals surface area contributed by atoms with Gasteiger partial charge in [-0.15, -0.1) is 11.3 Å². The fourth-order valence-corrected chi connectivity index (χ4v) is 3.44. The van der Waals surface area contributed by atoms with Crippen molar-refractivity contribution in [3.63, 3.8) is 0 Å². The molecule has 0 bridgehead atoms. The summed E-state index contributed by atoms with van der Waals surface area (Å²) in [4.78, 5) is 37.8. The van der Waals surface area contributed by atoms with Gasteiger partial charge in [-0.25, -0.2) is 4.98 Å². The molecule has 0 saturated heterocycles. The van der Waals surface area contributed by atoms with Crippen molar-refractivity contribution in [1.82, 2.24) is 15.6 Å². The highest BCUT2D eigenvalue weighted by Crippen LogP contribution is 2.27. The number of carbonyl (C=O) groups excluding carboxylic acids is 2. The van der Waals surface area contributed by atoms with E-state index in [1.165, 1.54) is 30.0 Å². The van der Waals surface area contributed by atoms with Crippen LogP contribution in [-0.2, 0) is 20.8 Å². The maximum absolute atomic E-state index is 11.6. The molecule has 0 aliphatic heterocycles. The molecule has 116 valence electrons. The Labute approximate surface area is 130 Å². The summed E-state index contributed by atoms with van der Waals surface area (Å²) >= 11 is 2.57. The Morgan fingerprint density at radius 1 is 1.29 bits per heavy atom. The monoisotopic (exact) mass is 331 g/mol. The molecule has 0 atom stereocenters. The first-order chi connectivity index (χ1) is 9.88. The number of thiazole rings is 1. The number of carbonyl (C=O) groups is 3. The summed E-state index contributed by atoms with van der Waals surface area (Å²) in [7, 11) is 0. The van der Waals surface area contributed by atoms with Crippen LogP contribution in [0, 0.1) is 6.92 Å². The Kier molecular flexibility index (Phi) is 7.17. The van der Waals surface area contributed by atoms with Crippen molar-refractivity contribution in [2.24, 2.45) is 0 Å². The van der Waals surface area contributed by atoms with E-state index in [1.807, 2.05) is 0 Å². The predicted octanol–water partition coefficient (Wildman–Crippen LogP) is 0.423. The molecular formula is C12H17N3O4S2. The number of nitrogens with zero attached hydrogens (tertiary/aromatic N) is 1. The van der Waals surface area contributed by atoms with Crippen LogP contribution in [0.5, 0.6) is 0 Å². The van der Waals surface area contributed by atoms with E-state index in [0.717, 1.165) is 0 Å². The lowest BCUT2D eigenvalue weighted by Gasteiger charge is -2.04. The Hall–Kier alpha value is -1.61. The number of hydrogen-bond acceptors (Lipinski definition) is 6. The maximum atomic E-state index is 11.6. The number of thioether (sulfide) groups is 1. The van der Waals surface area contributed by atoms with Gasteiger partial charge >= 0.3 is 5.97 Å². The summed E-state index contributed by atoms with van der Waals surface area (Å²) in [5.41, 5.74) is 0.691. The summed E-state index contributed by atoms with van der Waals surface area (Å²) in [6.45, 7) is 3.94. The first kappa shape index (κ1) is 17.4. The number of amides is 2. The molecule has 9 heteroatoms. The molecule has 21 heavy (non-hydrogen) atoms. The van der Waals surface area contributed by atoms with Gasteiger partial charge in [0.1, 0.15) is 0 Å². The predicted molar refractivity (Wildman–Crippen MR) is 80.6 cm³/mol. The first-order valence-corrected chi connectivity index (χ1v) is 8.00. The van der Waals surface area contributed by atoms with Crippen LogP contribution < -0.4 is 10.6 Å². The molecular weight excluding hydrogens is 314 g/mol. The highest BCUT2D eigenvalue weighted by atomic mass is 32.2. The summed E-state index contributed by atoms with van der Waals surface area (Å²) in [5, 5.41) is 14.0. The van der Waals surface area contributed by atoms with E-state index in [1.54, 1.807) is 6.92 Å². The minimum atomic E-state index is -0.894. The number of carboxylic acid groups (broad SMARTS) is 1. The molecule has 2 amide bonds. The van der Waals surface area contributed by atoms with E-state index < -0.39 is 5.97 Å². The van der Waals surface area contributed by atoms with Crippen LogP contribution in [-0.4, -0.2) is 46.7 Å². The van der Waals surface area contributed by atoms with Crippen LogP contribution in [0.25, 0.3) is 0 Å².